The zero-order valence-electron chi connectivity index (χ0n) is 9.55. The molecule has 2 N–H and O–H groups in total. The van der Waals surface area contributed by atoms with Gasteiger partial charge in [0.05, 0.1) is 17.8 Å². The van der Waals surface area contributed by atoms with Crippen molar-refractivity contribution in [3.63, 3.8) is 0 Å². The lowest BCUT2D eigenvalue weighted by atomic mass is 10.2. The Balaban J connectivity index is 0.00000144. The van der Waals surface area contributed by atoms with Gasteiger partial charge in [-0.25, -0.2) is 0 Å². The monoisotopic (exact) mass is 254 g/mol. The standard InChI is InChI=1S/C12H14N2O2.ClH/c1-2-16-12(15)8-14-7-10(13)9-5-3-4-6-11(9)14;/h3-7H,2,8,13H2,1H3;1H. The first kappa shape index (κ1) is 13.4. The van der Waals surface area contributed by atoms with Crippen LogP contribution in [0.5, 0.6) is 0 Å². The highest BCUT2D eigenvalue weighted by atomic mass is 35.5. The van der Waals surface area contributed by atoms with Crippen molar-refractivity contribution in [1.82, 2.24) is 4.57 Å². The number of carbonyl (C=O) groups excluding carboxylic acids is 1. The first-order chi connectivity index (χ1) is 7.72. The van der Waals surface area contributed by atoms with Crippen LogP contribution in [0.2, 0.25) is 0 Å². The summed E-state index contributed by atoms with van der Waals surface area (Å²) >= 11 is 0. The molecule has 0 bridgehead atoms. The number of esters is 1. The molecule has 17 heavy (non-hydrogen) atoms. The van der Waals surface area contributed by atoms with Crippen molar-refractivity contribution in [3.05, 3.63) is 30.5 Å². The fraction of sp³-hybridized carbons (Fsp3) is 0.250. The normalized spacial score (nSPS) is 9.94. The summed E-state index contributed by atoms with van der Waals surface area (Å²) in [6, 6.07) is 7.72. The second kappa shape index (κ2) is 5.59. The van der Waals surface area contributed by atoms with Crippen LogP contribution in [0.25, 0.3) is 10.9 Å². The van der Waals surface area contributed by atoms with Gasteiger partial charge in [-0.15, -0.1) is 12.4 Å². The van der Waals surface area contributed by atoms with Crippen molar-refractivity contribution in [2.24, 2.45) is 0 Å². The van der Waals surface area contributed by atoms with Crippen molar-refractivity contribution in [2.75, 3.05) is 12.3 Å². The summed E-state index contributed by atoms with van der Waals surface area (Å²) in [7, 11) is 0. The average molecular weight is 255 g/mol. The van der Waals surface area contributed by atoms with Crippen LogP contribution in [0.15, 0.2) is 30.5 Å². The summed E-state index contributed by atoms with van der Waals surface area (Å²) in [6.45, 7) is 2.39. The lowest BCUT2D eigenvalue weighted by molar-refractivity contribution is -0.143. The van der Waals surface area contributed by atoms with Crippen LogP contribution >= 0.6 is 12.4 Å². The zero-order chi connectivity index (χ0) is 11.5. The molecule has 0 aliphatic rings. The minimum atomic E-state index is -0.247. The quantitative estimate of drug-likeness (QED) is 0.855. The third kappa shape index (κ3) is 2.71. The number of nitrogens with two attached hydrogens (primary N) is 1. The Bertz CT molecular complexity index is 522. The Kier molecular flexibility index (Phi) is 4.40. The van der Waals surface area contributed by atoms with Crippen LogP contribution in [0, 0.1) is 0 Å². The molecule has 0 aliphatic carbocycles. The Hall–Kier alpha value is -1.68. The van der Waals surface area contributed by atoms with Crippen LogP contribution in [0.4, 0.5) is 5.69 Å². The molecular weight excluding hydrogens is 240 g/mol. The van der Waals surface area contributed by atoms with Crippen molar-refractivity contribution in [1.29, 1.82) is 0 Å². The molecule has 1 heterocycles. The van der Waals surface area contributed by atoms with Gasteiger partial charge in [0.25, 0.3) is 0 Å². The molecule has 0 unspecified atom stereocenters. The van der Waals surface area contributed by atoms with Crippen LogP contribution in [-0.2, 0) is 16.1 Å². The fourth-order valence-corrected chi connectivity index (χ4v) is 1.75. The third-order valence-corrected chi connectivity index (χ3v) is 2.42. The number of para-hydroxylation sites is 1. The summed E-state index contributed by atoms with van der Waals surface area (Å²) in [4.78, 5) is 11.4. The molecular formula is C12H15ClN2O2. The SMILES string of the molecule is CCOC(=O)Cn1cc(N)c2ccccc21.Cl. The molecule has 2 aromatic rings. The van der Waals surface area contributed by atoms with E-state index in [2.05, 4.69) is 0 Å². The van der Waals surface area contributed by atoms with Crippen molar-refractivity contribution in [2.45, 2.75) is 13.5 Å². The van der Waals surface area contributed by atoms with E-state index in [0.717, 1.165) is 10.9 Å². The van der Waals surface area contributed by atoms with Gasteiger partial charge in [-0.1, -0.05) is 18.2 Å². The molecule has 5 heteroatoms. The molecule has 0 saturated carbocycles. The number of nitrogen functional groups attached to an aromatic ring is 1. The molecule has 0 radical (unpaired) electrons. The van der Waals surface area contributed by atoms with Gasteiger partial charge in [-0.3, -0.25) is 4.79 Å². The van der Waals surface area contributed by atoms with E-state index in [-0.39, 0.29) is 24.9 Å². The largest absolute Gasteiger partial charge is 0.465 e. The van der Waals surface area contributed by atoms with Crippen molar-refractivity contribution >= 4 is 35.0 Å². The van der Waals surface area contributed by atoms with Gasteiger partial charge in [-0.2, -0.15) is 0 Å². The molecule has 0 amide bonds. The van der Waals surface area contributed by atoms with Gasteiger partial charge < -0.3 is 15.0 Å². The predicted octanol–water partition coefficient (Wildman–Crippen LogP) is 2.21. The van der Waals surface area contributed by atoms with Crippen LogP contribution in [-0.4, -0.2) is 17.1 Å². The molecule has 0 atom stereocenters. The van der Waals surface area contributed by atoms with Crippen molar-refractivity contribution < 1.29 is 9.53 Å². The zero-order valence-corrected chi connectivity index (χ0v) is 10.4. The minimum absolute atomic E-state index is 0. The highest BCUT2D eigenvalue weighted by Gasteiger charge is 2.08. The van der Waals surface area contributed by atoms with E-state index in [1.807, 2.05) is 28.8 Å². The van der Waals surface area contributed by atoms with E-state index < -0.39 is 0 Å². The van der Waals surface area contributed by atoms with Gasteiger partial charge in [0.15, 0.2) is 0 Å². The Morgan fingerprint density at radius 3 is 2.82 bits per heavy atom. The molecule has 1 aromatic heterocycles. The molecule has 92 valence electrons. The van der Waals surface area contributed by atoms with Gasteiger partial charge in [0.2, 0.25) is 0 Å². The second-order valence-electron chi connectivity index (χ2n) is 3.53. The first-order valence-electron chi connectivity index (χ1n) is 5.21. The second-order valence-corrected chi connectivity index (χ2v) is 3.53. The Labute approximate surface area is 106 Å². The van der Waals surface area contributed by atoms with Gasteiger partial charge in [-0.05, 0) is 13.0 Å². The summed E-state index contributed by atoms with van der Waals surface area (Å²) in [5.41, 5.74) is 7.49. The molecule has 0 spiro atoms. The number of ether oxygens (including phenoxy) is 1. The number of fused-ring (bicyclic) bond motifs is 1. The number of rotatable bonds is 3. The van der Waals surface area contributed by atoms with E-state index in [0.29, 0.717) is 12.3 Å². The number of nitrogens with zero attached hydrogens (tertiary/aromatic N) is 1. The smallest absolute Gasteiger partial charge is 0.325 e. The number of hydrogen-bond acceptors (Lipinski definition) is 3. The number of anilines is 1. The lowest BCUT2D eigenvalue weighted by Gasteiger charge is -2.04. The summed E-state index contributed by atoms with van der Waals surface area (Å²) in [5.74, 6) is -0.247. The number of carbonyl (C=O) groups is 1. The minimum Gasteiger partial charge on any atom is -0.465 e. The van der Waals surface area contributed by atoms with E-state index in [1.54, 1.807) is 13.1 Å². The highest BCUT2D eigenvalue weighted by molar-refractivity contribution is 5.92. The van der Waals surface area contributed by atoms with Gasteiger partial charge in [0.1, 0.15) is 6.54 Å². The number of benzene rings is 1. The Morgan fingerprint density at radius 2 is 2.12 bits per heavy atom. The Morgan fingerprint density at radius 1 is 1.41 bits per heavy atom. The van der Waals surface area contributed by atoms with Gasteiger partial charge >= 0.3 is 5.97 Å². The molecule has 0 fully saturated rings. The van der Waals surface area contributed by atoms with Gasteiger partial charge in [0, 0.05) is 11.6 Å². The third-order valence-electron chi connectivity index (χ3n) is 2.42. The molecule has 2 rings (SSSR count). The maximum atomic E-state index is 11.4. The predicted molar refractivity (Wildman–Crippen MR) is 70.2 cm³/mol. The summed E-state index contributed by atoms with van der Waals surface area (Å²) in [5, 5.41) is 0.965. The molecule has 0 aliphatic heterocycles. The highest BCUT2D eigenvalue weighted by Crippen LogP contribution is 2.22. The number of aromatic nitrogens is 1. The molecule has 0 saturated heterocycles. The lowest BCUT2D eigenvalue weighted by Crippen LogP contribution is -2.12. The topological polar surface area (TPSA) is 57.2 Å². The van der Waals surface area contributed by atoms with Crippen LogP contribution in [0.1, 0.15) is 6.92 Å². The van der Waals surface area contributed by atoms with E-state index in [4.69, 9.17) is 10.5 Å². The number of hydrogen-bond donors (Lipinski definition) is 1. The van der Waals surface area contributed by atoms with E-state index >= 15 is 0 Å². The average Bonchev–Trinajstić information content (AvgIpc) is 2.57. The maximum absolute atomic E-state index is 11.4. The molecule has 4 nitrogen and oxygen atoms in total. The fourth-order valence-electron chi connectivity index (χ4n) is 1.75. The first-order valence-corrected chi connectivity index (χ1v) is 5.21. The number of halogens is 1. The molecule has 1 aromatic carbocycles. The van der Waals surface area contributed by atoms with Crippen LogP contribution < -0.4 is 5.73 Å². The maximum Gasteiger partial charge on any atom is 0.325 e. The van der Waals surface area contributed by atoms with E-state index in [9.17, 15) is 4.79 Å². The van der Waals surface area contributed by atoms with Crippen LogP contribution in [0.3, 0.4) is 0 Å². The van der Waals surface area contributed by atoms with E-state index in [1.165, 1.54) is 0 Å². The summed E-state index contributed by atoms with van der Waals surface area (Å²) in [6.07, 6.45) is 1.77. The summed E-state index contributed by atoms with van der Waals surface area (Å²) < 4.78 is 6.71. The van der Waals surface area contributed by atoms with Crippen molar-refractivity contribution in [3.8, 4) is 0 Å².